The van der Waals surface area contributed by atoms with Crippen molar-refractivity contribution in [3.05, 3.63) is 41.2 Å². The van der Waals surface area contributed by atoms with E-state index in [1.165, 1.54) is 0 Å². The second-order valence-electron chi connectivity index (χ2n) is 7.10. The van der Waals surface area contributed by atoms with Gasteiger partial charge in [-0.25, -0.2) is 0 Å². The second kappa shape index (κ2) is 8.29. The van der Waals surface area contributed by atoms with Gasteiger partial charge < -0.3 is 15.2 Å². The fourth-order valence-electron chi connectivity index (χ4n) is 3.25. The number of anilines is 1. The van der Waals surface area contributed by atoms with Crippen molar-refractivity contribution in [2.75, 3.05) is 31.6 Å². The van der Waals surface area contributed by atoms with Crippen LogP contribution in [-0.4, -0.2) is 57.5 Å². The van der Waals surface area contributed by atoms with E-state index >= 15 is 0 Å². The van der Waals surface area contributed by atoms with E-state index in [9.17, 15) is 9.90 Å². The molecule has 1 unspecified atom stereocenters. The van der Waals surface area contributed by atoms with Crippen LogP contribution in [0.25, 0.3) is 0 Å². The fourth-order valence-corrected chi connectivity index (χ4v) is 3.43. The summed E-state index contributed by atoms with van der Waals surface area (Å²) in [6, 6.07) is 7.10. The molecule has 1 atom stereocenters. The molecule has 8 heteroatoms. The van der Waals surface area contributed by atoms with Gasteiger partial charge in [-0.2, -0.15) is 5.10 Å². The predicted octanol–water partition coefficient (Wildman–Crippen LogP) is 2.23. The van der Waals surface area contributed by atoms with Gasteiger partial charge in [0.25, 0.3) is 0 Å². The lowest BCUT2D eigenvalue weighted by atomic mass is 9.93. The maximum atomic E-state index is 12.4. The summed E-state index contributed by atoms with van der Waals surface area (Å²) in [5.74, 6) is 0.504. The van der Waals surface area contributed by atoms with Gasteiger partial charge in [-0.05, 0) is 44.5 Å². The second-order valence-corrected chi connectivity index (χ2v) is 7.54. The van der Waals surface area contributed by atoms with E-state index in [-0.39, 0.29) is 19.1 Å². The molecule has 27 heavy (non-hydrogen) atoms. The lowest BCUT2D eigenvalue weighted by Gasteiger charge is -2.38. The number of nitrogens with zero attached hydrogens (tertiary/aromatic N) is 3. The van der Waals surface area contributed by atoms with Crippen molar-refractivity contribution in [2.24, 2.45) is 7.05 Å². The van der Waals surface area contributed by atoms with E-state index in [0.717, 1.165) is 18.7 Å². The number of aliphatic hydroxyl groups is 1. The van der Waals surface area contributed by atoms with E-state index in [4.69, 9.17) is 16.3 Å². The van der Waals surface area contributed by atoms with Gasteiger partial charge in [0.1, 0.15) is 18.0 Å². The molecule has 0 saturated carbocycles. The number of hydrogen-bond acceptors (Lipinski definition) is 5. The van der Waals surface area contributed by atoms with Gasteiger partial charge in [0.2, 0.25) is 5.91 Å². The Bertz CT molecular complexity index is 810. The van der Waals surface area contributed by atoms with Gasteiger partial charge >= 0.3 is 0 Å². The molecule has 7 nitrogen and oxygen atoms in total. The molecule has 0 radical (unpaired) electrons. The van der Waals surface area contributed by atoms with Crippen LogP contribution in [0, 0.1) is 6.92 Å². The van der Waals surface area contributed by atoms with Crippen molar-refractivity contribution in [2.45, 2.75) is 25.4 Å². The fraction of sp³-hybridized carbons (Fsp3) is 0.474. The Labute approximate surface area is 163 Å². The molecule has 1 aromatic heterocycles. The molecular weight excluding hydrogens is 368 g/mol. The van der Waals surface area contributed by atoms with Crippen molar-refractivity contribution < 1.29 is 14.6 Å². The lowest BCUT2D eigenvalue weighted by molar-refractivity contribution is -0.119. The van der Waals surface area contributed by atoms with Crippen LogP contribution < -0.4 is 10.1 Å². The molecule has 1 aliphatic heterocycles. The number of benzene rings is 1. The van der Waals surface area contributed by atoms with Crippen LogP contribution in [0.5, 0.6) is 5.75 Å². The Hall–Kier alpha value is -2.09. The van der Waals surface area contributed by atoms with E-state index in [1.807, 2.05) is 18.9 Å². The SMILES string of the molecule is Cc1c(NC(=O)CN2CCCC(O)(COc3cccc(Cl)c3)C2)cnn1C. The van der Waals surface area contributed by atoms with Crippen LogP contribution in [-0.2, 0) is 11.8 Å². The number of halogens is 1. The Morgan fingerprint density at radius 1 is 1.48 bits per heavy atom. The van der Waals surface area contributed by atoms with Crippen molar-refractivity contribution >= 4 is 23.2 Å². The number of rotatable bonds is 6. The first-order valence-electron chi connectivity index (χ1n) is 8.96. The van der Waals surface area contributed by atoms with Crippen molar-refractivity contribution in [3.8, 4) is 5.75 Å². The molecule has 3 rings (SSSR count). The van der Waals surface area contributed by atoms with Gasteiger partial charge in [0.05, 0.1) is 24.1 Å². The van der Waals surface area contributed by atoms with Crippen LogP contribution in [0.3, 0.4) is 0 Å². The lowest BCUT2D eigenvalue weighted by Crippen LogP contribution is -2.53. The molecule has 1 aromatic carbocycles. The quantitative estimate of drug-likeness (QED) is 0.788. The minimum Gasteiger partial charge on any atom is -0.490 e. The number of aryl methyl sites for hydroxylation is 1. The Morgan fingerprint density at radius 2 is 2.30 bits per heavy atom. The molecule has 1 fully saturated rings. The summed E-state index contributed by atoms with van der Waals surface area (Å²) in [7, 11) is 1.83. The first-order valence-corrected chi connectivity index (χ1v) is 9.34. The standard InChI is InChI=1S/C19H25ClN4O3/c1-14-17(10-21-23(14)2)22-18(25)11-24-8-4-7-19(26,12-24)13-27-16-6-3-5-15(20)9-16/h3,5-6,9-10,26H,4,7-8,11-13H2,1-2H3,(H,22,25). The van der Waals surface area contributed by atoms with Crippen LogP contribution in [0.15, 0.2) is 30.5 Å². The van der Waals surface area contributed by atoms with Gasteiger partial charge in [-0.15, -0.1) is 0 Å². The molecule has 1 amide bonds. The van der Waals surface area contributed by atoms with E-state index < -0.39 is 5.60 Å². The number of ether oxygens (including phenoxy) is 1. The molecule has 0 bridgehead atoms. The molecule has 1 saturated heterocycles. The first kappa shape index (κ1) is 19.7. The molecule has 0 spiro atoms. The third kappa shape index (κ3) is 5.22. The third-order valence-corrected chi connectivity index (χ3v) is 5.05. The molecule has 1 aliphatic rings. The molecule has 2 aromatic rings. The zero-order valence-corrected chi connectivity index (χ0v) is 16.4. The number of nitrogens with one attached hydrogen (secondary N) is 1. The summed E-state index contributed by atoms with van der Waals surface area (Å²) in [4.78, 5) is 14.3. The number of carbonyl (C=O) groups is 1. The number of β-amino-alcohol motifs (C(OH)–C–C–N with tert-alkyl or cyclic N) is 1. The smallest absolute Gasteiger partial charge is 0.238 e. The summed E-state index contributed by atoms with van der Waals surface area (Å²) in [6.07, 6.45) is 3.07. The number of amides is 1. The van der Waals surface area contributed by atoms with Crippen molar-refractivity contribution in [1.29, 1.82) is 0 Å². The number of aromatic nitrogens is 2. The summed E-state index contributed by atoms with van der Waals surface area (Å²) < 4.78 is 7.43. The van der Waals surface area contributed by atoms with Gasteiger partial charge in [-0.1, -0.05) is 17.7 Å². The van der Waals surface area contributed by atoms with E-state index in [1.54, 1.807) is 35.1 Å². The first-order chi connectivity index (χ1) is 12.8. The van der Waals surface area contributed by atoms with Crippen LogP contribution in [0.1, 0.15) is 18.5 Å². The van der Waals surface area contributed by atoms with Crippen LogP contribution in [0.4, 0.5) is 5.69 Å². The summed E-state index contributed by atoms with van der Waals surface area (Å²) in [5, 5.41) is 18.5. The summed E-state index contributed by atoms with van der Waals surface area (Å²) >= 11 is 5.96. The summed E-state index contributed by atoms with van der Waals surface area (Å²) in [6.45, 7) is 3.42. The highest BCUT2D eigenvalue weighted by Gasteiger charge is 2.34. The zero-order chi connectivity index (χ0) is 19.4. The minimum atomic E-state index is -0.995. The predicted molar refractivity (Wildman–Crippen MR) is 104 cm³/mol. The largest absolute Gasteiger partial charge is 0.490 e. The number of carbonyl (C=O) groups excluding carboxylic acids is 1. The van der Waals surface area contributed by atoms with Gasteiger partial charge in [0, 0.05) is 18.6 Å². The van der Waals surface area contributed by atoms with E-state index in [2.05, 4.69) is 10.4 Å². The third-order valence-electron chi connectivity index (χ3n) is 4.81. The maximum absolute atomic E-state index is 12.4. The Kier molecular flexibility index (Phi) is 6.04. The highest BCUT2D eigenvalue weighted by Crippen LogP contribution is 2.24. The van der Waals surface area contributed by atoms with Crippen LogP contribution in [0.2, 0.25) is 5.02 Å². The van der Waals surface area contributed by atoms with Gasteiger partial charge in [-0.3, -0.25) is 14.4 Å². The van der Waals surface area contributed by atoms with E-state index in [0.29, 0.717) is 29.4 Å². The topological polar surface area (TPSA) is 79.6 Å². The highest BCUT2D eigenvalue weighted by molar-refractivity contribution is 6.30. The molecule has 2 heterocycles. The maximum Gasteiger partial charge on any atom is 0.238 e. The highest BCUT2D eigenvalue weighted by atomic mass is 35.5. The number of likely N-dealkylation sites (tertiary alicyclic amines) is 1. The zero-order valence-electron chi connectivity index (χ0n) is 15.6. The molecule has 2 N–H and O–H groups in total. The molecule has 0 aliphatic carbocycles. The van der Waals surface area contributed by atoms with Crippen molar-refractivity contribution in [1.82, 2.24) is 14.7 Å². The van der Waals surface area contributed by atoms with Crippen molar-refractivity contribution in [3.63, 3.8) is 0 Å². The Morgan fingerprint density at radius 3 is 3.00 bits per heavy atom. The Balaban J connectivity index is 1.53. The normalized spacial score (nSPS) is 20.4. The average molecular weight is 393 g/mol. The number of piperidine rings is 1. The monoisotopic (exact) mass is 392 g/mol. The minimum absolute atomic E-state index is 0.119. The summed E-state index contributed by atoms with van der Waals surface area (Å²) in [5.41, 5.74) is 0.609. The average Bonchev–Trinajstić information content (AvgIpc) is 2.92. The molecule has 146 valence electrons. The van der Waals surface area contributed by atoms with Crippen LogP contribution >= 0.6 is 11.6 Å². The molecular formula is C19H25ClN4O3. The van der Waals surface area contributed by atoms with Gasteiger partial charge in [0.15, 0.2) is 0 Å². The number of hydrogen-bond donors (Lipinski definition) is 2.